The molecule has 3 rings (SSSR count). The Morgan fingerprint density at radius 2 is 1.81 bits per heavy atom. The van der Waals surface area contributed by atoms with Gasteiger partial charge in [0.1, 0.15) is 5.60 Å². The summed E-state index contributed by atoms with van der Waals surface area (Å²) in [4.78, 5) is 25.7. The number of aliphatic hydroxyl groups is 1. The van der Waals surface area contributed by atoms with E-state index in [1.54, 1.807) is 32.4 Å². The van der Waals surface area contributed by atoms with Crippen molar-refractivity contribution >= 4 is 11.9 Å². The molecule has 1 aromatic carbocycles. The van der Waals surface area contributed by atoms with Crippen LogP contribution >= 0.6 is 0 Å². The smallest absolute Gasteiger partial charge is 0.417 e. The summed E-state index contributed by atoms with van der Waals surface area (Å²) in [5, 5.41) is 16.9. The Morgan fingerprint density at radius 3 is 2.41 bits per heavy atom. The predicted molar refractivity (Wildman–Crippen MR) is 133 cm³/mol. The lowest BCUT2D eigenvalue weighted by Gasteiger charge is -2.23. The summed E-state index contributed by atoms with van der Waals surface area (Å²) in [5.74, 6) is -1.10. The predicted octanol–water partition coefficient (Wildman–Crippen LogP) is 5.68. The highest BCUT2D eigenvalue weighted by Crippen LogP contribution is 2.40. The molecule has 1 aliphatic carbocycles. The number of benzene rings is 1. The van der Waals surface area contributed by atoms with Crippen LogP contribution in [0.1, 0.15) is 94.7 Å². The van der Waals surface area contributed by atoms with E-state index >= 15 is 0 Å². The van der Waals surface area contributed by atoms with E-state index in [0.717, 1.165) is 31.7 Å². The second-order valence-corrected chi connectivity index (χ2v) is 10.7. The Balaban J connectivity index is 1.92. The first-order valence-electron chi connectivity index (χ1n) is 12.7. The zero-order valence-electron chi connectivity index (χ0n) is 21.8. The third-order valence-corrected chi connectivity index (χ3v) is 6.25. The second kappa shape index (κ2) is 11.7. The van der Waals surface area contributed by atoms with Gasteiger partial charge in [0.15, 0.2) is 5.69 Å². The standard InChI is InChI=1S/C27H36F3N3O4/c1-17(34)13-14-18(15-24(35)37-26(2,3)4)31-25(36)22-16-23(33(32-22)19-9-5-6-10-19)20-11-7-8-12-21(20)27(28,29)30/h7-8,11-12,16-19,34H,5-6,9-10,13-15H2,1-4H3,(H,31,36)/t17?,18-/m0/s1. The average Bonchev–Trinajstić information content (AvgIpc) is 3.45. The van der Waals surface area contributed by atoms with Crippen molar-refractivity contribution in [2.75, 3.05) is 0 Å². The Hall–Kier alpha value is -2.88. The number of hydrogen-bond acceptors (Lipinski definition) is 5. The quantitative estimate of drug-likeness (QED) is 0.413. The van der Waals surface area contributed by atoms with Gasteiger partial charge in [0.2, 0.25) is 0 Å². The van der Waals surface area contributed by atoms with Crippen molar-refractivity contribution in [3.63, 3.8) is 0 Å². The van der Waals surface area contributed by atoms with E-state index in [4.69, 9.17) is 4.74 Å². The molecule has 1 heterocycles. The minimum atomic E-state index is -4.57. The van der Waals surface area contributed by atoms with E-state index in [-0.39, 0.29) is 29.4 Å². The molecule has 37 heavy (non-hydrogen) atoms. The van der Waals surface area contributed by atoms with Gasteiger partial charge in [-0.25, -0.2) is 0 Å². The van der Waals surface area contributed by atoms with Crippen LogP contribution in [0.5, 0.6) is 0 Å². The summed E-state index contributed by atoms with van der Waals surface area (Å²) in [6.07, 6.45) is -1.26. The molecule has 0 bridgehead atoms. The van der Waals surface area contributed by atoms with Crippen LogP contribution in [0.2, 0.25) is 0 Å². The van der Waals surface area contributed by atoms with Gasteiger partial charge in [-0.1, -0.05) is 31.0 Å². The summed E-state index contributed by atoms with van der Waals surface area (Å²) in [6.45, 7) is 6.83. The van der Waals surface area contributed by atoms with Crippen molar-refractivity contribution < 1.29 is 32.6 Å². The third-order valence-electron chi connectivity index (χ3n) is 6.25. The molecule has 1 saturated carbocycles. The van der Waals surface area contributed by atoms with E-state index in [1.165, 1.54) is 24.3 Å². The number of alkyl halides is 3. The van der Waals surface area contributed by atoms with Crippen LogP contribution in [0.25, 0.3) is 11.3 Å². The first kappa shape index (κ1) is 28.7. The average molecular weight is 524 g/mol. The molecule has 204 valence electrons. The van der Waals surface area contributed by atoms with Gasteiger partial charge in [-0.15, -0.1) is 0 Å². The van der Waals surface area contributed by atoms with Crippen molar-refractivity contribution in [3.05, 3.63) is 41.6 Å². The number of aliphatic hydroxyl groups excluding tert-OH is 1. The number of aromatic nitrogens is 2. The van der Waals surface area contributed by atoms with Crippen molar-refractivity contribution in [2.45, 2.75) is 103 Å². The van der Waals surface area contributed by atoms with Gasteiger partial charge in [0, 0.05) is 11.6 Å². The van der Waals surface area contributed by atoms with Crippen molar-refractivity contribution in [2.24, 2.45) is 0 Å². The number of ether oxygens (including phenoxy) is 1. The molecule has 1 unspecified atom stereocenters. The van der Waals surface area contributed by atoms with Crippen molar-refractivity contribution in [1.82, 2.24) is 15.1 Å². The molecule has 2 N–H and O–H groups in total. The van der Waals surface area contributed by atoms with Crippen molar-refractivity contribution in [3.8, 4) is 11.3 Å². The number of carbonyl (C=O) groups excluding carboxylic acids is 2. The Kier molecular flexibility index (Phi) is 9.05. The molecule has 0 radical (unpaired) electrons. The molecular formula is C27H36F3N3O4. The third kappa shape index (κ3) is 8.05. The maximum absolute atomic E-state index is 13.8. The number of amides is 1. The lowest BCUT2D eigenvalue weighted by atomic mass is 10.0. The molecule has 1 aromatic heterocycles. The zero-order valence-corrected chi connectivity index (χ0v) is 21.8. The van der Waals surface area contributed by atoms with Crippen LogP contribution in [0.3, 0.4) is 0 Å². The maximum Gasteiger partial charge on any atom is 0.417 e. The monoisotopic (exact) mass is 523 g/mol. The largest absolute Gasteiger partial charge is 0.460 e. The Bertz CT molecular complexity index is 1080. The number of halogens is 3. The Morgan fingerprint density at radius 1 is 1.16 bits per heavy atom. The van der Waals surface area contributed by atoms with E-state index in [1.807, 2.05) is 0 Å². The lowest BCUT2D eigenvalue weighted by molar-refractivity contribution is -0.155. The number of nitrogens with one attached hydrogen (secondary N) is 1. The van der Waals surface area contributed by atoms with Gasteiger partial charge in [-0.05, 0) is 65.5 Å². The fourth-order valence-electron chi connectivity index (χ4n) is 4.60. The van der Waals surface area contributed by atoms with Gasteiger partial charge in [0.05, 0.1) is 29.8 Å². The summed E-state index contributed by atoms with van der Waals surface area (Å²) in [6, 6.07) is 5.92. The van der Waals surface area contributed by atoms with E-state index in [9.17, 15) is 27.9 Å². The number of nitrogens with zero attached hydrogens (tertiary/aromatic N) is 2. The zero-order chi connectivity index (χ0) is 27.4. The number of esters is 1. The lowest BCUT2D eigenvalue weighted by Crippen LogP contribution is -2.38. The molecule has 1 fully saturated rings. The summed E-state index contributed by atoms with van der Waals surface area (Å²) in [7, 11) is 0. The number of carbonyl (C=O) groups is 2. The second-order valence-electron chi connectivity index (χ2n) is 10.7. The fourth-order valence-corrected chi connectivity index (χ4v) is 4.60. The van der Waals surface area contributed by atoms with Gasteiger partial charge in [-0.2, -0.15) is 18.3 Å². The molecule has 1 aliphatic rings. The molecule has 7 nitrogen and oxygen atoms in total. The Labute approximate surface area is 215 Å². The van der Waals surface area contributed by atoms with Gasteiger partial charge in [0.25, 0.3) is 5.91 Å². The molecule has 0 aliphatic heterocycles. The number of hydrogen-bond donors (Lipinski definition) is 2. The summed E-state index contributed by atoms with van der Waals surface area (Å²) >= 11 is 0. The van der Waals surface area contributed by atoms with E-state index in [0.29, 0.717) is 12.8 Å². The van der Waals surface area contributed by atoms with Crippen LogP contribution in [0.15, 0.2) is 30.3 Å². The fraction of sp³-hybridized carbons (Fsp3) is 0.593. The van der Waals surface area contributed by atoms with Crippen LogP contribution < -0.4 is 5.32 Å². The first-order chi connectivity index (χ1) is 17.2. The summed E-state index contributed by atoms with van der Waals surface area (Å²) < 4.78 is 48.3. The molecule has 2 aromatic rings. The highest BCUT2D eigenvalue weighted by molar-refractivity contribution is 5.94. The molecule has 2 atom stereocenters. The maximum atomic E-state index is 13.8. The van der Waals surface area contributed by atoms with Crippen molar-refractivity contribution in [1.29, 1.82) is 0 Å². The van der Waals surface area contributed by atoms with Gasteiger partial charge < -0.3 is 15.2 Å². The molecule has 10 heteroatoms. The molecule has 1 amide bonds. The molecular weight excluding hydrogens is 487 g/mol. The van der Waals surface area contributed by atoms with Crippen LogP contribution in [0.4, 0.5) is 13.2 Å². The van der Waals surface area contributed by atoms with E-state index < -0.39 is 41.4 Å². The highest BCUT2D eigenvalue weighted by Gasteiger charge is 2.35. The van der Waals surface area contributed by atoms with E-state index in [2.05, 4.69) is 10.4 Å². The topological polar surface area (TPSA) is 93.5 Å². The SMILES string of the molecule is CC(O)CC[C@@H](CC(=O)OC(C)(C)C)NC(=O)c1cc(-c2ccccc2C(F)(F)F)n(C2CCCC2)n1. The minimum absolute atomic E-state index is 0.0230. The number of rotatable bonds is 9. The normalized spacial score (nSPS) is 16.4. The van der Waals surface area contributed by atoms with Gasteiger partial charge >= 0.3 is 12.1 Å². The van der Waals surface area contributed by atoms with Crippen LogP contribution in [-0.4, -0.2) is 44.5 Å². The summed E-state index contributed by atoms with van der Waals surface area (Å²) in [5.41, 5.74) is -1.31. The highest BCUT2D eigenvalue weighted by atomic mass is 19.4. The first-order valence-corrected chi connectivity index (χ1v) is 12.7. The van der Waals surface area contributed by atoms with Crippen LogP contribution in [0, 0.1) is 0 Å². The minimum Gasteiger partial charge on any atom is -0.460 e. The molecule has 0 spiro atoms. The van der Waals surface area contributed by atoms with Crippen LogP contribution in [-0.2, 0) is 15.7 Å². The molecule has 0 saturated heterocycles. The van der Waals surface area contributed by atoms with Gasteiger partial charge in [-0.3, -0.25) is 14.3 Å².